The molecule has 0 radical (unpaired) electrons. The molecule has 0 aromatic carbocycles. The van der Waals surface area contributed by atoms with E-state index in [2.05, 4.69) is 27.3 Å². The van der Waals surface area contributed by atoms with Crippen molar-refractivity contribution >= 4 is 5.91 Å². The van der Waals surface area contributed by atoms with Crippen LogP contribution >= 0.6 is 0 Å². The molecular formula is C13H20N4O. The molecule has 2 aliphatic heterocycles. The van der Waals surface area contributed by atoms with Crippen LogP contribution in [0, 0.1) is 0 Å². The van der Waals surface area contributed by atoms with Gasteiger partial charge in [-0.05, 0) is 26.2 Å². The summed E-state index contributed by atoms with van der Waals surface area (Å²) in [6.07, 6.45) is 7.94. The highest BCUT2D eigenvalue weighted by atomic mass is 16.2. The van der Waals surface area contributed by atoms with E-state index in [0.717, 1.165) is 24.9 Å². The zero-order valence-corrected chi connectivity index (χ0v) is 10.7. The summed E-state index contributed by atoms with van der Waals surface area (Å²) in [6.45, 7) is 3.07. The monoisotopic (exact) mass is 248 g/mol. The van der Waals surface area contributed by atoms with Gasteiger partial charge in [-0.25, -0.2) is 0 Å². The first-order chi connectivity index (χ1) is 8.75. The number of hydrogen-bond donors (Lipinski definition) is 2. The highest BCUT2D eigenvalue weighted by Gasteiger charge is 2.41. The van der Waals surface area contributed by atoms with Crippen LogP contribution in [0.4, 0.5) is 0 Å². The summed E-state index contributed by atoms with van der Waals surface area (Å²) in [7, 11) is 0. The molecule has 2 fully saturated rings. The predicted octanol–water partition coefficient (Wildman–Crippen LogP) is 1.21. The molecule has 3 atom stereocenters. The van der Waals surface area contributed by atoms with E-state index in [4.69, 9.17) is 0 Å². The second-order valence-corrected chi connectivity index (χ2v) is 5.38. The summed E-state index contributed by atoms with van der Waals surface area (Å²) in [5.74, 6) is 0.316. The van der Waals surface area contributed by atoms with Crippen molar-refractivity contribution in [3.8, 4) is 0 Å². The standard InChI is InChI=1S/C13H20N4O/c1-9(10-7-14-15-8-10)16-11-6-13(18)17-5-3-2-4-12(11)17/h7-9,11-12,16H,2-6H2,1H3,(H,14,15). The van der Waals surface area contributed by atoms with E-state index < -0.39 is 0 Å². The number of carbonyl (C=O) groups is 1. The average molecular weight is 248 g/mol. The summed E-state index contributed by atoms with van der Waals surface area (Å²) in [4.78, 5) is 14.0. The average Bonchev–Trinajstić information content (AvgIpc) is 3.00. The van der Waals surface area contributed by atoms with Crippen LogP contribution in [0.2, 0.25) is 0 Å². The van der Waals surface area contributed by atoms with E-state index in [1.54, 1.807) is 0 Å². The number of hydrogen-bond acceptors (Lipinski definition) is 3. The fraction of sp³-hybridized carbons (Fsp3) is 0.692. The fourth-order valence-electron chi connectivity index (χ4n) is 3.21. The van der Waals surface area contributed by atoms with Crippen molar-refractivity contribution in [1.82, 2.24) is 20.4 Å². The zero-order chi connectivity index (χ0) is 12.5. The first-order valence-corrected chi connectivity index (χ1v) is 6.80. The molecule has 0 spiro atoms. The van der Waals surface area contributed by atoms with E-state index in [1.807, 2.05) is 12.4 Å². The minimum atomic E-state index is 0.239. The van der Waals surface area contributed by atoms with Gasteiger partial charge in [-0.2, -0.15) is 5.10 Å². The quantitative estimate of drug-likeness (QED) is 0.845. The maximum atomic E-state index is 12.0. The number of carbonyl (C=O) groups excluding carboxylic acids is 1. The van der Waals surface area contributed by atoms with Gasteiger partial charge in [0.25, 0.3) is 0 Å². The summed E-state index contributed by atoms with van der Waals surface area (Å²) in [5.41, 5.74) is 1.15. The largest absolute Gasteiger partial charge is 0.338 e. The number of aromatic amines is 1. The van der Waals surface area contributed by atoms with Crippen LogP contribution in [-0.2, 0) is 4.79 Å². The molecule has 0 bridgehead atoms. The number of nitrogens with zero attached hydrogens (tertiary/aromatic N) is 2. The number of amides is 1. The van der Waals surface area contributed by atoms with Gasteiger partial charge in [-0.3, -0.25) is 9.89 Å². The fourth-order valence-corrected chi connectivity index (χ4v) is 3.21. The van der Waals surface area contributed by atoms with Gasteiger partial charge in [-0.15, -0.1) is 0 Å². The molecule has 1 amide bonds. The van der Waals surface area contributed by atoms with Gasteiger partial charge in [0, 0.05) is 42.9 Å². The van der Waals surface area contributed by atoms with Gasteiger partial charge < -0.3 is 10.2 Å². The lowest BCUT2D eigenvalue weighted by Crippen LogP contribution is -2.46. The Labute approximate surface area is 107 Å². The van der Waals surface area contributed by atoms with Crippen molar-refractivity contribution in [1.29, 1.82) is 0 Å². The number of H-pyrrole nitrogens is 1. The highest BCUT2D eigenvalue weighted by Crippen LogP contribution is 2.29. The molecule has 2 aliphatic rings. The van der Waals surface area contributed by atoms with Crippen LogP contribution in [0.3, 0.4) is 0 Å². The van der Waals surface area contributed by atoms with E-state index in [9.17, 15) is 4.79 Å². The summed E-state index contributed by atoms with van der Waals surface area (Å²) in [6, 6.07) is 0.937. The maximum Gasteiger partial charge on any atom is 0.224 e. The van der Waals surface area contributed by atoms with Crippen LogP contribution in [0.15, 0.2) is 12.4 Å². The molecule has 5 nitrogen and oxygen atoms in total. The molecule has 2 N–H and O–H groups in total. The van der Waals surface area contributed by atoms with Crippen LogP contribution in [0.5, 0.6) is 0 Å². The normalized spacial score (nSPS) is 29.4. The summed E-state index contributed by atoms with van der Waals surface area (Å²) < 4.78 is 0. The topological polar surface area (TPSA) is 61.0 Å². The van der Waals surface area contributed by atoms with Crippen molar-refractivity contribution in [2.45, 2.75) is 50.7 Å². The molecule has 98 valence electrons. The third-order valence-corrected chi connectivity index (χ3v) is 4.21. The minimum absolute atomic E-state index is 0.239. The van der Waals surface area contributed by atoms with Crippen LogP contribution < -0.4 is 5.32 Å². The van der Waals surface area contributed by atoms with Crippen LogP contribution in [0.1, 0.15) is 44.2 Å². The number of nitrogens with one attached hydrogen (secondary N) is 2. The Hall–Kier alpha value is -1.36. The second-order valence-electron chi connectivity index (χ2n) is 5.38. The molecule has 1 aromatic rings. The van der Waals surface area contributed by atoms with Crippen molar-refractivity contribution in [3.05, 3.63) is 18.0 Å². The molecule has 0 saturated carbocycles. The first kappa shape index (κ1) is 11.7. The first-order valence-electron chi connectivity index (χ1n) is 6.80. The van der Waals surface area contributed by atoms with E-state index in [-0.39, 0.29) is 6.04 Å². The number of aromatic nitrogens is 2. The summed E-state index contributed by atoms with van der Waals surface area (Å²) in [5, 5.41) is 10.4. The molecular weight excluding hydrogens is 228 g/mol. The zero-order valence-electron chi connectivity index (χ0n) is 10.7. The predicted molar refractivity (Wildman–Crippen MR) is 67.9 cm³/mol. The van der Waals surface area contributed by atoms with Crippen LogP contribution in [-0.4, -0.2) is 39.6 Å². The van der Waals surface area contributed by atoms with Crippen molar-refractivity contribution in [3.63, 3.8) is 0 Å². The molecule has 1 aromatic heterocycles. The van der Waals surface area contributed by atoms with Crippen molar-refractivity contribution in [2.24, 2.45) is 0 Å². The number of rotatable bonds is 3. The van der Waals surface area contributed by atoms with Gasteiger partial charge >= 0.3 is 0 Å². The Morgan fingerprint density at radius 2 is 2.44 bits per heavy atom. The molecule has 0 aliphatic carbocycles. The Morgan fingerprint density at radius 1 is 1.56 bits per heavy atom. The Bertz CT molecular complexity index is 417. The summed E-state index contributed by atoms with van der Waals surface area (Å²) >= 11 is 0. The van der Waals surface area contributed by atoms with Gasteiger partial charge in [0.05, 0.1) is 6.20 Å². The highest BCUT2D eigenvalue weighted by molar-refractivity contribution is 5.80. The molecule has 3 rings (SSSR count). The minimum Gasteiger partial charge on any atom is -0.338 e. The molecule has 18 heavy (non-hydrogen) atoms. The maximum absolute atomic E-state index is 12.0. The Balaban J connectivity index is 1.67. The molecule has 5 heteroatoms. The molecule has 3 unspecified atom stereocenters. The van der Waals surface area contributed by atoms with Gasteiger partial charge in [0.15, 0.2) is 0 Å². The van der Waals surface area contributed by atoms with Crippen molar-refractivity contribution < 1.29 is 4.79 Å². The van der Waals surface area contributed by atoms with Gasteiger partial charge in [0.1, 0.15) is 0 Å². The van der Waals surface area contributed by atoms with E-state index in [0.29, 0.717) is 24.4 Å². The van der Waals surface area contributed by atoms with Crippen molar-refractivity contribution in [2.75, 3.05) is 6.54 Å². The van der Waals surface area contributed by atoms with Crippen LogP contribution in [0.25, 0.3) is 0 Å². The smallest absolute Gasteiger partial charge is 0.224 e. The second kappa shape index (κ2) is 4.72. The SMILES string of the molecule is CC(NC1CC(=O)N2CCCCC12)c1cn[nH]c1. The Morgan fingerprint density at radius 3 is 3.22 bits per heavy atom. The number of piperidine rings is 1. The van der Waals surface area contributed by atoms with E-state index >= 15 is 0 Å². The van der Waals surface area contributed by atoms with E-state index in [1.165, 1.54) is 6.42 Å². The lowest BCUT2D eigenvalue weighted by molar-refractivity contribution is -0.129. The van der Waals surface area contributed by atoms with Gasteiger partial charge in [0.2, 0.25) is 5.91 Å². The van der Waals surface area contributed by atoms with Gasteiger partial charge in [-0.1, -0.05) is 0 Å². The molecule has 3 heterocycles. The third-order valence-electron chi connectivity index (χ3n) is 4.21. The third kappa shape index (κ3) is 2.03. The number of fused-ring (bicyclic) bond motifs is 1. The Kier molecular flexibility index (Phi) is 3.07. The molecule has 2 saturated heterocycles. The lowest BCUT2D eigenvalue weighted by atomic mass is 9.98. The lowest BCUT2D eigenvalue weighted by Gasteiger charge is -2.33.